The molecule has 0 aliphatic carbocycles. The standard InChI is InChI=1S/C14H10N2O8/c17-12-6-13(11(16(22)23)5-10(12)14(18)19)24-7-8-1-3-9(4-2-8)15(20)21/h1-6,17H,7H2,(H,18,19). The molecule has 0 spiro atoms. The van der Waals surface area contributed by atoms with Crippen LogP contribution >= 0.6 is 0 Å². The molecule has 0 aliphatic heterocycles. The predicted molar refractivity (Wildman–Crippen MR) is 79.1 cm³/mol. The molecule has 0 aromatic heterocycles. The number of rotatable bonds is 6. The molecular formula is C14H10N2O8. The number of ether oxygens (including phenoxy) is 1. The van der Waals surface area contributed by atoms with Gasteiger partial charge in [0.2, 0.25) is 5.75 Å². The van der Waals surface area contributed by atoms with Gasteiger partial charge in [-0.2, -0.15) is 0 Å². The Hall–Kier alpha value is -3.69. The van der Waals surface area contributed by atoms with Crippen LogP contribution in [0, 0.1) is 20.2 Å². The Kier molecular flexibility index (Phi) is 4.59. The molecule has 0 heterocycles. The number of hydrogen-bond acceptors (Lipinski definition) is 7. The molecule has 0 saturated heterocycles. The summed E-state index contributed by atoms with van der Waals surface area (Å²) in [7, 11) is 0. The largest absolute Gasteiger partial charge is 0.507 e. The minimum Gasteiger partial charge on any atom is -0.507 e. The lowest BCUT2D eigenvalue weighted by atomic mass is 10.1. The van der Waals surface area contributed by atoms with E-state index in [2.05, 4.69) is 0 Å². The summed E-state index contributed by atoms with van der Waals surface area (Å²) in [6.07, 6.45) is 0. The third kappa shape index (κ3) is 3.55. The number of non-ortho nitro benzene ring substituents is 1. The molecule has 0 fully saturated rings. The molecule has 2 rings (SSSR count). The maximum absolute atomic E-state index is 11.0. The number of aromatic carboxylic acids is 1. The van der Waals surface area contributed by atoms with E-state index >= 15 is 0 Å². The van der Waals surface area contributed by atoms with Crippen LogP contribution in [0.15, 0.2) is 36.4 Å². The summed E-state index contributed by atoms with van der Waals surface area (Å²) < 4.78 is 5.24. The van der Waals surface area contributed by atoms with Crippen molar-refractivity contribution >= 4 is 17.3 Å². The monoisotopic (exact) mass is 334 g/mol. The second kappa shape index (κ2) is 6.60. The van der Waals surface area contributed by atoms with Crippen molar-refractivity contribution in [2.24, 2.45) is 0 Å². The van der Waals surface area contributed by atoms with Gasteiger partial charge in [0.05, 0.1) is 9.85 Å². The number of carbonyl (C=O) groups is 1. The quantitative estimate of drug-likeness (QED) is 0.603. The van der Waals surface area contributed by atoms with Crippen LogP contribution in [-0.4, -0.2) is 26.0 Å². The Morgan fingerprint density at radius 1 is 1.08 bits per heavy atom. The lowest BCUT2D eigenvalue weighted by Crippen LogP contribution is -2.03. The van der Waals surface area contributed by atoms with E-state index in [0.29, 0.717) is 11.6 Å². The molecule has 24 heavy (non-hydrogen) atoms. The first-order valence-electron chi connectivity index (χ1n) is 6.40. The number of nitro groups is 2. The summed E-state index contributed by atoms with van der Waals surface area (Å²) in [4.78, 5) is 31.1. The first kappa shape index (κ1) is 16.7. The summed E-state index contributed by atoms with van der Waals surface area (Å²) >= 11 is 0. The highest BCUT2D eigenvalue weighted by Crippen LogP contribution is 2.34. The molecule has 0 saturated carbocycles. The van der Waals surface area contributed by atoms with E-state index in [-0.39, 0.29) is 18.0 Å². The van der Waals surface area contributed by atoms with E-state index in [1.54, 1.807) is 0 Å². The lowest BCUT2D eigenvalue weighted by Gasteiger charge is -2.09. The molecule has 0 bridgehead atoms. The molecule has 2 aromatic rings. The van der Waals surface area contributed by atoms with Gasteiger partial charge in [0, 0.05) is 24.3 Å². The molecule has 2 aromatic carbocycles. The van der Waals surface area contributed by atoms with Crippen LogP contribution in [0.2, 0.25) is 0 Å². The number of phenols is 1. The molecule has 124 valence electrons. The highest BCUT2D eigenvalue weighted by molar-refractivity contribution is 5.92. The molecule has 2 N–H and O–H groups in total. The number of carboxylic acids is 1. The third-order valence-corrected chi connectivity index (χ3v) is 3.05. The second-order valence-electron chi connectivity index (χ2n) is 4.61. The summed E-state index contributed by atoms with van der Waals surface area (Å²) in [5.74, 6) is -2.51. The summed E-state index contributed by atoms with van der Waals surface area (Å²) in [6, 6.07) is 6.86. The van der Waals surface area contributed by atoms with E-state index in [4.69, 9.17) is 9.84 Å². The van der Waals surface area contributed by atoms with Crippen molar-refractivity contribution in [1.29, 1.82) is 0 Å². The van der Waals surface area contributed by atoms with Gasteiger partial charge in [-0.3, -0.25) is 20.2 Å². The van der Waals surface area contributed by atoms with Crippen LogP contribution < -0.4 is 4.74 Å². The molecule has 10 nitrogen and oxygen atoms in total. The van der Waals surface area contributed by atoms with E-state index < -0.39 is 32.8 Å². The molecule has 0 amide bonds. The molecular weight excluding hydrogens is 324 g/mol. The van der Waals surface area contributed by atoms with Crippen molar-refractivity contribution in [3.63, 3.8) is 0 Å². The fourth-order valence-electron chi connectivity index (χ4n) is 1.86. The third-order valence-electron chi connectivity index (χ3n) is 3.05. The Morgan fingerprint density at radius 2 is 1.71 bits per heavy atom. The highest BCUT2D eigenvalue weighted by atomic mass is 16.6. The first-order chi connectivity index (χ1) is 11.3. The van der Waals surface area contributed by atoms with Gasteiger partial charge in [0.1, 0.15) is 17.9 Å². The zero-order valence-corrected chi connectivity index (χ0v) is 11.9. The van der Waals surface area contributed by atoms with Gasteiger partial charge in [-0.25, -0.2) is 4.79 Å². The maximum atomic E-state index is 11.0. The van der Waals surface area contributed by atoms with Crippen molar-refractivity contribution in [3.8, 4) is 11.5 Å². The van der Waals surface area contributed by atoms with Crippen LogP contribution in [0.4, 0.5) is 11.4 Å². The second-order valence-corrected chi connectivity index (χ2v) is 4.61. The molecule has 0 radical (unpaired) electrons. The van der Waals surface area contributed by atoms with Gasteiger partial charge in [-0.15, -0.1) is 0 Å². The Balaban J connectivity index is 2.25. The number of nitro benzene ring substituents is 2. The van der Waals surface area contributed by atoms with Gasteiger partial charge < -0.3 is 14.9 Å². The van der Waals surface area contributed by atoms with E-state index in [1.165, 1.54) is 24.3 Å². The zero-order valence-electron chi connectivity index (χ0n) is 11.9. The number of benzene rings is 2. The van der Waals surface area contributed by atoms with Crippen molar-refractivity contribution in [2.45, 2.75) is 6.61 Å². The van der Waals surface area contributed by atoms with Gasteiger partial charge in [-0.05, 0) is 17.7 Å². The van der Waals surface area contributed by atoms with Crippen molar-refractivity contribution in [2.75, 3.05) is 0 Å². The van der Waals surface area contributed by atoms with Gasteiger partial charge >= 0.3 is 11.7 Å². The first-order valence-corrected chi connectivity index (χ1v) is 6.40. The number of nitrogens with zero attached hydrogens (tertiary/aromatic N) is 2. The van der Waals surface area contributed by atoms with Crippen molar-refractivity contribution in [1.82, 2.24) is 0 Å². The topological polar surface area (TPSA) is 153 Å². The minimum absolute atomic E-state index is 0.117. The fourth-order valence-corrected chi connectivity index (χ4v) is 1.86. The van der Waals surface area contributed by atoms with Crippen molar-refractivity contribution < 1.29 is 29.6 Å². The number of aromatic hydroxyl groups is 1. The summed E-state index contributed by atoms with van der Waals surface area (Å²) in [5.41, 5.74) is -0.860. The number of hydrogen-bond donors (Lipinski definition) is 2. The zero-order chi connectivity index (χ0) is 17.9. The average molecular weight is 334 g/mol. The Labute approximate surface area is 133 Å². The van der Waals surface area contributed by atoms with Gasteiger partial charge in [0.25, 0.3) is 5.69 Å². The minimum atomic E-state index is -1.52. The summed E-state index contributed by atoms with van der Waals surface area (Å²) in [5, 5.41) is 40.0. The molecule has 0 unspecified atom stereocenters. The lowest BCUT2D eigenvalue weighted by molar-refractivity contribution is -0.386. The highest BCUT2D eigenvalue weighted by Gasteiger charge is 2.22. The Bertz CT molecular complexity index is 816. The van der Waals surface area contributed by atoms with Crippen molar-refractivity contribution in [3.05, 3.63) is 67.8 Å². The molecule has 10 heteroatoms. The van der Waals surface area contributed by atoms with Crippen LogP contribution in [-0.2, 0) is 6.61 Å². The van der Waals surface area contributed by atoms with E-state index in [9.17, 15) is 30.1 Å². The predicted octanol–water partition coefficient (Wildman–Crippen LogP) is 2.49. The normalized spacial score (nSPS) is 10.2. The maximum Gasteiger partial charge on any atom is 0.339 e. The molecule has 0 atom stereocenters. The average Bonchev–Trinajstić information content (AvgIpc) is 2.52. The van der Waals surface area contributed by atoms with Gasteiger partial charge in [-0.1, -0.05) is 0 Å². The van der Waals surface area contributed by atoms with Crippen LogP contribution in [0.3, 0.4) is 0 Å². The van der Waals surface area contributed by atoms with Crippen LogP contribution in [0.25, 0.3) is 0 Å². The number of carboxylic acid groups (broad SMARTS) is 1. The Morgan fingerprint density at radius 3 is 2.21 bits per heavy atom. The smallest absolute Gasteiger partial charge is 0.339 e. The summed E-state index contributed by atoms with van der Waals surface area (Å²) in [6.45, 7) is -0.162. The van der Waals surface area contributed by atoms with Crippen LogP contribution in [0.1, 0.15) is 15.9 Å². The van der Waals surface area contributed by atoms with Gasteiger partial charge in [0.15, 0.2) is 0 Å². The molecule has 0 aliphatic rings. The SMILES string of the molecule is O=C(O)c1cc([N+](=O)[O-])c(OCc2ccc([N+](=O)[O-])cc2)cc1O. The van der Waals surface area contributed by atoms with E-state index in [1.807, 2.05) is 0 Å². The van der Waals surface area contributed by atoms with E-state index in [0.717, 1.165) is 6.07 Å². The fraction of sp³-hybridized carbons (Fsp3) is 0.0714. The van der Waals surface area contributed by atoms with Crippen LogP contribution in [0.5, 0.6) is 11.5 Å².